The second-order valence-electron chi connectivity index (χ2n) is 5.88. The van der Waals surface area contributed by atoms with E-state index in [-0.39, 0.29) is 0 Å². The summed E-state index contributed by atoms with van der Waals surface area (Å²) in [7, 11) is 0. The van der Waals surface area contributed by atoms with E-state index in [9.17, 15) is 0 Å². The van der Waals surface area contributed by atoms with Crippen molar-refractivity contribution in [3.05, 3.63) is 30.1 Å². The molecule has 0 bridgehead atoms. The zero-order valence-corrected chi connectivity index (χ0v) is 11.3. The minimum Gasteiger partial charge on any atom is -0.306 e. The number of aromatic nitrogens is 1. The van der Waals surface area contributed by atoms with Crippen molar-refractivity contribution in [3.8, 4) is 0 Å². The van der Waals surface area contributed by atoms with Gasteiger partial charge in [0.25, 0.3) is 0 Å². The van der Waals surface area contributed by atoms with Crippen LogP contribution >= 0.6 is 0 Å². The number of likely N-dealkylation sites (tertiary alicyclic amines) is 1. The Labute approximate surface area is 110 Å². The van der Waals surface area contributed by atoms with E-state index in [1.165, 1.54) is 31.4 Å². The van der Waals surface area contributed by atoms with Crippen molar-refractivity contribution in [1.82, 2.24) is 15.2 Å². The van der Waals surface area contributed by atoms with Crippen LogP contribution in [0.25, 0.3) is 0 Å². The number of hydrogen-bond acceptors (Lipinski definition) is 3. The normalized spacial score (nSPS) is 30.6. The van der Waals surface area contributed by atoms with Gasteiger partial charge >= 0.3 is 0 Å². The molecule has 3 atom stereocenters. The fourth-order valence-corrected chi connectivity index (χ4v) is 3.19. The van der Waals surface area contributed by atoms with E-state index in [1.807, 2.05) is 12.4 Å². The van der Waals surface area contributed by atoms with Crippen molar-refractivity contribution in [3.63, 3.8) is 0 Å². The van der Waals surface area contributed by atoms with Crippen LogP contribution in [0.15, 0.2) is 24.5 Å². The summed E-state index contributed by atoms with van der Waals surface area (Å²) in [5.74, 6) is 0. The quantitative estimate of drug-likeness (QED) is 0.882. The van der Waals surface area contributed by atoms with Gasteiger partial charge in [0.05, 0.1) is 0 Å². The average Bonchev–Trinajstić information content (AvgIpc) is 3.15. The molecule has 3 rings (SSSR count). The summed E-state index contributed by atoms with van der Waals surface area (Å²) >= 11 is 0. The molecule has 1 aliphatic carbocycles. The SMILES string of the molecule is CC1CC(N[C@@H](C)c2ccncc2)CN1C1CC1. The van der Waals surface area contributed by atoms with Gasteiger partial charge in [0, 0.05) is 43.1 Å². The van der Waals surface area contributed by atoms with Crippen LogP contribution in [0, 0.1) is 0 Å². The lowest BCUT2D eigenvalue weighted by Gasteiger charge is -2.21. The molecule has 98 valence electrons. The Morgan fingerprint density at radius 2 is 2.06 bits per heavy atom. The highest BCUT2D eigenvalue weighted by molar-refractivity contribution is 5.14. The van der Waals surface area contributed by atoms with Gasteiger partial charge < -0.3 is 5.32 Å². The van der Waals surface area contributed by atoms with E-state index in [1.54, 1.807) is 0 Å². The highest BCUT2D eigenvalue weighted by Gasteiger charge is 2.38. The zero-order chi connectivity index (χ0) is 12.5. The predicted molar refractivity (Wildman–Crippen MR) is 73.4 cm³/mol. The van der Waals surface area contributed by atoms with Crippen molar-refractivity contribution in [2.45, 2.75) is 57.3 Å². The first-order valence-corrected chi connectivity index (χ1v) is 7.16. The topological polar surface area (TPSA) is 28.2 Å². The Balaban J connectivity index is 1.57. The van der Waals surface area contributed by atoms with Crippen LogP contribution < -0.4 is 5.32 Å². The number of pyridine rings is 1. The third-order valence-electron chi connectivity index (χ3n) is 4.33. The second kappa shape index (κ2) is 4.98. The fourth-order valence-electron chi connectivity index (χ4n) is 3.19. The van der Waals surface area contributed by atoms with Crippen LogP contribution in [0.1, 0.15) is 44.7 Å². The minimum atomic E-state index is 0.421. The molecule has 0 amide bonds. The van der Waals surface area contributed by atoms with Gasteiger partial charge in [0.1, 0.15) is 0 Å². The summed E-state index contributed by atoms with van der Waals surface area (Å²) < 4.78 is 0. The maximum Gasteiger partial charge on any atom is 0.0296 e. The molecule has 18 heavy (non-hydrogen) atoms. The van der Waals surface area contributed by atoms with E-state index in [2.05, 4.69) is 41.2 Å². The summed E-state index contributed by atoms with van der Waals surface area (Å²) in [5, 5.41) is 3.77. The molecule has 2 fully saturated rings. The zero-order valence-electron chi connectivity index (χ0n) is 11.3. The summed E-state index contributed by atoms with van der Waals surface area (Å²) in [4.78, 5) is 6.77. The van der Waals surface area contributed by atoms with E-state index < -0.39 is 0 Å². The summed E-state index contributed by atoms with van der Waals surface area (Å²) in [6, 6.07) is 6.92. The number of nitrogens with one attached hydrogen (secondary N) is 1. The van der Waals surface area contributed by atoms with Crippen molar-refractivity contribution in [2.24, 2.45) is 0 Å². The minimum absolute atomic E-state index is 0.421. The summed E-state index contributed by atoms with van der Waals surface area (Å²) in [6.07, 6.45) is 7.86. The summed E-state index contributed by atoms with van der Waals surface area (Å²) in [5.41, 5.74) is 1.34. The molecule has 0 aromatic carbocycles. The lowest BCUT2D eigenvalue weighted by molar-refractivity contribution is 0.254. The van der Waals surface area contributed by atoms with Crippen molar-refractivity contribution < 1.29 is 0 Å². The Bertz CT molecular complexity index is 388. The molecule has 1 saturated carbocycles. The van der Waals surface area contributed by atoms with Crippen molar-refractivity contribution in [2.75, 3.05) is 6.54 Å². The van der Waals surface area contributed by atoms with E-state index in [0.29, 0.717) is 12.1 Å². The first-order valence-electron chi connectivity index (χ1n) is 7.16. The lowest BCUT2D eigenvalue weighted by Crippen LogP contribution is -2.35. The Kier molecular flexibility index (Phi) is 3.35. The van der Waals surface area contributed by atoms with E-state index in [0.717, 1.165) is 12.1 Å². The van der Waals surface area contributed by atoms with Gasteiger partial charge in [0.15, 0.2) is 0 Å². The molecule has 1 N–H and O–H groups in total. The number of hydrogen-bond donors (Lipinski definition) is 1. The smallest absolute Gasteiger partial charge is 0.0296 e. The van der Waals surface area contributed by atoms with Gasteiger partial charge in [-0.25, -0.2) is 0 Å². The molecule has 0 radical (unpaired) electrons. The molecular formula is C15H23N3. The molecule has 2 aliphatic rings. The monoisotopic (exact) mass is 245 g/mol. The molecule has 1 aromatic rings. The third-order valence-corrected chi connectivity index (χ3v) is 4.33. The van der Waals surface area contributed by atoms with Crippen LogP contribution in [0.2, 0.25) is 0 Å². The Morgan fingerprint density at radius 3 is 2.72 bits per heavy atom. The van der Waals surface area contributed by atoms with Gasteiger partial charge in [0.2, 0.25) is 0 Å². The largest absolute Gasteiger partial charge is 0.306 e. The first-order chi connectivity index (χ1) is 8.74. The molecule has 2 unspecified atom stereocenters. The van der Waals surface area contributed by atoms with Gasteiger partial charge in [-0.3, -0.25) is 9.88 Å². The predicted octanol–water partition coefficient (Wildman–Crippen LogP) is 2.36. The van der Waals surface area contributed by atoms with Crippen molar-refractivity contribution >= 4 is 0 Å². The lowest BCUT2D eigenvalue weighted by atomic mass is 10.1. The standard InChI is InChI=1S/C15H23N3/c1-11-9-14(10-18(11)15-3-4-15)17-12(2)13-5-7-16-8-6-13/h5-8,11-12,14-15,17H,3-4,9-10H2,1-2H3/t11?,12-,14?/m0/s1. The van der Waals surface area contributed by atoms with Crippen LogP contribution in [-0.4, -0.2) is 34.6 Å². The Morgan fingerprint density at radius 1 is 1.33 bits per heavy atom. The van der Waals surface area contributed by atoms with Gasteiger partial charge in [-0.15, -0.1) is 0 Å². The van der Waals surface area contributed by atoms with Crippen LogP contribution in [0.3, 0.4) is 0 Å². The van der Waals surface area contributed by atoms with Crippen LogP contribution in [0.4, 0.5) is 0 Å². The maximum atomic E-state index is 4.08. The van der Waals surface area contributed by atoms with Crippen molar-refractivity contribution in [1.29, 1.82) is 0 Å². The molecule has 3 nitrogen and oxygen atoms in total. The highest BCUT2D eigenvalue weighted by Crippen LogP contribution is 2.33. The fraction of sp³-hybridized carbons (Fsp3) is 0.667. The third kappa shape index (κ3) is 2.57. The number of nitrogens with zero attached hydrogens (tertiary/aromatic N) is 2. The molecule has 0 spiro atoms. The van der Waals surface area contributed by atoms with Gasteiger partial charge in [-0.05, 0) is 50.8 Å². The Hall–Kier alpha value is -0.930. The molecule has 3 heteroatoms. The average molecular weight is 245 g/mol. The van der Waals surface area contributed by atoms with E-state index in [4.69, 9.17) is 0 Å². The van der Waals surface area contributed by atoms with Crippen LogP contribution in [-0.2, 0) is 0 Å². The van der Waals surface area contributed by atoms with E-state index >= 15 is 0 Å². The van der Waals surface area contributed by atoms with Crippen LogP contribution in [0.5, 0.6) is 0 Å². The van der Waals surface area contributed by atoms with Gasteiger partial charge in [-0.2, -0.15) is 0 Å². The second-order valence-corrected chi connectivity index (χ2v) is 5.88. The summed E-state index contributed by atoms with van der Waals surface area (Å²) in [6.45, 7) is 5.85. The van der Waals surface area contributed by atoms with Gasteiger partial charge in [-0.1, -0.05) is 0 Å². The maximum absolute atomic E-state index is 4.08. The molecule has 1 aromatic heterocycles. The molecule has 1 saturated heterocycles. The highest BCUT2D eigenvalue weighted by atomic mass is 15.3. The molecule has 2 heterocycles. The molecule has 1 aliphatic heterocycles. The first kappa shape index (κ1) is 12.1. The number of rotatable bonds is 4. The molecular weight excluding hydrogens is 222 g/mol.